The van der Waals surface area contributed by atoms with E-state index in [1.54, 1.807) is 71.9 Å². The Balaban J connectivity index is 2.46. The standard InChI is InChI=1S/C55H87N13O13/c1-8-32(6)45(68-47(73)37(57)17-12-13-23-56)53(79)61-33(7)46(72)63-42(29-44(70)71)52(78)62-38(18-14-24-60-55(58)59)48(74)66-41(27-34-15-10-9-11-16-34)51(77)65-39(25-30(2)3)49(75)64-40(26-31(4)5)50(76)67-43(54(80)81)28-35-19-21-36(69)22-20-35/h9-11,15-16,19-22,30-33,37-43,45,69H,8,12-14,17-18,23-29,56-57H2,1-7H3,(H,61,79)(H,62,78)(H,63,72)(H,64,75)(H,65,77)(H,66,74)(H,67,76)(H,68,73)(H,70,71)(H,80,81)(H4,58,59,60)/t32-,33-,37-,38-,39-,40-,41-,42-,43-,45-/m0/s1. The first-order valence-corrected chi connectivity index (χ1v) is 27.4. The fraction of sp³-hybridized carbons (Fsp3) is 0.582. The van der Waals surface area contributed by atoms with Gasteiger partial charge in [0.1, 0.15) is 54.1 Å². The van der Waals surface area contributed by atoms with Crippen LogP contribution in [0.2, 0.25) is 0 Å². The van der Waals surface area contributed by atoms with E-state index in [0.29, 0.717) is 43.4 Å². The first-order valence-electron chi connectivity index (χ1n) is 27.4. The van der Waals surface area contributed by atoms with Crippen molar-refractivity contribution in [2.24, 2.45) is 45.7 Å². The molecule has 0 saturated carbocycles. The lowest BCUT2D eigenvalue weighted by Crippen LogP contribution is -2.61. The lowest BCUT2D eigenvalue weighted by molar-refractivity contribution is -0.142. The highest BCUT2D eigenvalue weighted by Crippen LogP contribution is 2.15. The molecule has 0 spiro atoms. The minimum Gasteiger partial charge on any atom is -0.508 e. The number of carbonyl (C=O) groups is 10. The second-order valence-corrected chi connectivity index (χ2v) is 21.1. The summed E-state index contributed by atoms with van der Waals surface area (Å²) in [5.41, 5.74) is 23.7. The van der Waals surface area contributed by atoms with Crippen molar-refractivity contribution >= 4 is 65.2 Å². The maximum atomic E-state index is 14.5. The number of carboxylic acid groups (broad SMARTS) is 2. The van der Waals surface area contributed by atoms with Gasteiger partial charge in [0.15, 0.2) is 5.96 Å². The number of carboxylic acids is 2. The van der Waals surface area contributed by atoms with Crippen molar-refractivity contribution in [3.63, 3.8) is 0 Å². The number of nitrogens with zero attached hydrogens (tertiary/aromatic N) is 1. The Morgan fingerprint density at radius 1 is 0.531 bits per heavy atom. The zero-order valence-electron chi connectivity index (χ0n) is 47.5. The van der Waals surface area contributed by atoms with Gasteiger partial charge in [-0.05, 0) is 93.0 Å². The highest BCUT2D eigenvalue weighted by molar-refractivity contribution is 5.99. The van der Waals surface area contributed by atoms with Crippen LogP contribution in [0.15, 0.2) is 59.6 Å². The fourth-order valence-electron chi connectivity index (χ4n) is 8.32. The van der Waals surface area contributed by atoms with Crippen LogP contribution in [-0.4, -0.2) is 148 Å². The van der Waals surface area contributed by atoms with Crippen molar-refractivity contribution in [1.29, 1.82) is 0 Å². The van der Waals surface area contributed by atoms with Crippen molar-refractivity contribution < 1.29 is 63.3 Å². The SMILES string of the molecule is CC[C@H](C)[C@H](NC(=O)[C@@H](N)CCCCN)C(=O)N[C@@H](C)C(=O)N[C@@H](CC(=O)O)C(=O)N[C@@H](CCCN=C(N)N)C(=O)N[C@@H](Cc1ccccc1)C(=O)N[C@@H](CC(C)C)C(=O)N[C@@H](CC(C)C)C(=O)N[C@@H](Cc1ccc(O)cc1)C(=O)O. The number of hydrogen-bond donors (Lipinski definition) is 15. The maximum Gasteiger partial charge on any atom is 0.326 e. The van der Waals surface area contributed by atoms with Gasteiger partial charge in [-0.15, -0.1) is 0 Å². The van der Waals surface area contributed by atoms with Crippen LogP contribution in [0.1, 0.15) is 117 Å². The Morgan fingerprint density at radius 2 is 1.01 bits per heavy atom. The summed E-state index contributed by atoms with van der Waals surface area (Å²) in [6.45, 7) is 12.3. The van der Waals surface area contributed by atoms with Gasteiger partial charge in [0, 0.05) is 19.4 Å². The molecule has 0 aliphatic carbocycles. The number of nitrogens with one attached hydrogen (secondary N) is 8. The molecule has 0 aliphatic rings. The van der Waals surface area contributed by atoms with E-state index in [4.69, 9.17) is 22.9 Å². The highest BCUT2D eigenvalue weighted by atomic mass is 16.4. The molecule has 81 heavy (non-hydrogen) atoms. The number of amides is 8. The number of rotatable bonds is 37. The number of aliphatic carboxylic acids is 2. The molecule has 450 valence electrons. The molecule has 26 nitrogen and oxygen atoms in total. The first-order chi connectivity index (χ1) is 38.1. The highest BCUT2D eigenvalue weighted by Gasteiger charge is 2.36. The molecular formula is C55H87N13O13. The third-order valence-electron chi connectivity index (χ3n) is 13.0. The van der Waals surface area contributed by atoms with Crippen molar-refractivity contribution in [1.82, 2.24) is 42.5 Å². The van der Waals surface area contributed by atoms with Gasteiger partial charge < -0.3 is 80.8 Å². The largest absolute Gasteiger partial charge is 0.508 e. The lowest BCUT2D eigenvalue weighted by Gasteiger charge is -2.29. The van der Waals surface area contributed by atoms with Crippen LogP contribution in [0.25, 0.3) is 0 Å². The zero-order valence-corrected chi connectivity index (χ0v) is 47.5. The molecule has 0 saturated heterocycles. The topological polar surface area (TPSA) is 444 Å². The van der Waals surface area contributed by atoms with Gasteiger partial charge in [-0.25, -0.2) is 4.79 Å². The monoisotopic (exact) mass is 1140 g/mol. The molecule has 0 unspecified atom stereocenters. The molecule has 0 radical (unpaired) electrons. The van der Waals surface area contributed by atoms with E-state index in [1.807, 2.05) is 0 Å². The predicted molar refractivity (Wildman–Crippen MR) is 302 cm³/mol. The molecule has 8 amide bonds. The quantitative estimate of drug-likeness (QED) is 0.0226. The Kier molecular flexibility index (Phi) is 30.5. The third kappa shape index (κ3) is 26.3. The summed E-state index contributed by atoms with van der Waals surface area (Å²) in [7, 11) is 0. The first kappa shape index (κ1) is 69.2. The molecule has 26 heteroatoms. The van der Waals surface area contributed by atoms with E-state index in [0.717, 1.165) is 0 Å². The average molecular weight is 1140 g/mol. The summed E-state index contributed by atoms with van der Waals surface area (Å²) in [6.07, 6.45) is 0.717. The molecule has 0 aromatic heterocycles. The van der Waals surface area contributed by atoms with Crippen LogP contribution in [0.5, 0.6) is 5.75 Å². The molecule has 2 aromatic rings. The minimum absolute atomic E-state index is 0.0298. The lowest BCUT2D eigenvalue weighted by atomic mass is 9.97. The minimum atomic E-state index is -1.83. The van der Waals surface area contributed by atoms with Gasteiger partial charge >= 0.3 is 11.9 Å². The van der Waals surface area contributed by atoms with E-state index in [9.17, 15) is 63.3 Å². The van der Waals surface area contributed by atoms with Crippen LogP contribution in [0.3, 0.4) is 0 Å². The Hall–Kier alpha value is -7.87. The number of phenolic OH excluding ortho intramolecular Hbond substituents is 1. The number of unbranched alkanes of at least 4 members (excludes halogenated alkanes) is 1. The number of aliphatic imine (C=N–C) groups is 1. The second kappa shape index (κ2) is 35.7. The Morgan fingerprint density at radius 3 is 1.53 bits per heavy atom. The number of hydrogen-bond acceptors (Lipinski definition) is 14. The van der Waals surface area contributed by atoms with Crippen LogP contribution in [0, 0.1) is 17.8 Å². The number of phenols is 1. The Labute approximate surface area is 473 Å². The fourth-order valence-corrected chi connectivity index (χ4v) is 8.32. The van der Waals surface area contributed by atoms with Crippen molar-refractivity contribution in [2.75, 3.05) is 13.1 Å². The van der Waals surface area contributed by atoms with E-state index in [-0.39, 0.29) is 68.6 Å². The summed E-state index contributed by atoms with van der Waals surface area (Å²) in [6, 6.07) is 2.06. The summed E-state index contributed by atoms with van der Waals surface area (Å²) in [5, 5.41) is 50.2. The summed E-state index contributed by atoms with van der Waals surface area (Å²) < 4.78 is 0. The van der Waals surface area contributed by atoms with E-state index in [2.05, 4.69) is 47.5 Å². The number of guanidine groups is 1. The Bertz CT molecular complexity index is 2420. The average Bonchev–Trinajstić information content (AvgIpc) is 3.41. The van der Waals surface area contributed by atoms with Gasteiger partial charge in [0.2, 0.25) is 47.3 Å². The van der Waals surface area contributed by atoms with Crippen molar-refractivity contribution in [2.45, 2.75) is 173 Å². The van der Waals surface area contributed by atoms with Crippen LogP contribution >= 0.6 is 0 Å². The van der Waals surface area contributed by atoms with Crippen LogP contribution in [0.4, 0.5) is 0 Å². The van der Waals surface area contributed by atoms with Crippen molar-refractivity contribution in [3.8, 4) is 5.75 Å². The molecule has 10 atom stereocenters. The molecule has 0 fully saturated rings. The molecular weight excluding hydrogens is 1050 g/mol. The number of nitrogens with two attached hydrogens (primary N) is 4. The smallest absolute Gasteiger partial charge is 0.326 e. The molecule has 2 rings (SSSR count). The summed E-state index contributed by atoms with van der Waals surface area (Å²) in [4.78, 5) is 140. The predicted octanol–water partition coefficient (Wildman–Crippen LogP) is -0.717. The molecule has 2 aromatic carbocycles. The molecule has 0 aliphatic heterocycles. The maximum absolute atomic E-state index is 14.5. The van der Waals surface area contributed by atoms with Gasteiger partial charge in [0.05, 0.1) is 12.5 Å². The molecule has 19 N–H and O–H groups in total. The number of aromatic hydroxyl groups is 1. The summed E-state index contributed by atoms with van der Waals surface area (Å²) in [5.74, 6) is -10.8. The van der Waals surface area contributed by atoms with Gasteiger partial charge in [0.25, 0.3) is 0 Å². The van der Waals surface area contributed by atoms with Gasteiger partial charge in [-0.3, -0.25) is 48.1 Å². The number of carbonyl (C=O) groups excluding carboxylic acids is 8. The van der Waals surface area contributed by atoms with E-state index < -0.39 is 126 Å². The third-order valence-corrected chi connectivity index (χ3v) is 13.0. The van der Waals surface area contributed by atoms with Crippen LogP contribution in [-0.2, 0) is 60.8 Å². The van der Waals surface area contributed by atoms with Gasteiger partial charge in [-0.2, -0.15) is 0 Å². The van der Waals surface area contributed by atoms with E-state index >= 15 is 0 Å². The van der Waals surface area contributed by atoms with Crippen molar-refractivity contribution in [3.05, 3.63) is 65.7 Å². The number of benzene rings is 2. The zero-order chi connectivity index (χ0) is 60.9. The van der Waals surface area contributed by atoms with E-state index in [1.165, 1.54) is 31.2 Å². The second-order valence-electron chi connectivity index (χ2n) is 21.1. The molecule has 0 bridgehead atoms. The molecule has 0 heterocycles. The normalized spacial score (nSPS) is 14.9. The van der Waals surface area contributed by atoms with Gasteiger partial charge in [-0.1, -0.05) is 96.8 Å². The van der Waals surface area contributed by atoms with Crippen LogP contribution < -0.4 is 65.5 Å². The summed E-state index contributed by atoms with van der Waals surface area (Å²) >= 11 is 0.